The van der Waals surface area contributed by atoms with Crippen LogP contribution in [0.15, 0.2) is 72.8 Å². The largest absolute Gasteiger partial charge is 0.403 e. The van der Waals surface area contributed by atoms with Crippen LogP contribution in [0.3, 0.4) is 0 Å². The Bertz CT molecular complexity index is 1330. The van der Waals surface area contributed by atoms with Gasteiger partial charge in [-0.3, -0.25) is 0 Å². The van der Waals surface area contributed by atoms with Crippen LogP contribution in [0.1, 0.15) is 58.5 Å². The van der Waals surface area contributed by atoms with Crippen molar-refractivity contribution in [2.45, 2.75) is 45.6 Å². The summed E-state index contributed by atoms with van der Waals surface area (Å²) < 4.78 is 7.89. The smallest absolute Gasteiger partial charge is 0.344 e. The first kappa shape index (κ1) is 22.4. The molecule has 1 aromatic heterocycles. The average molecular weight is 471 g/mol. The fourth-order valence-electron chi connectivity index (χ4n) is 4.71. The Morgan fingerprint density at radius 3 is 2.41 bits per heavy atom. The molecule has 1 unspecified atom stereocenters. The summed E-state index contributed by atoms with van der Waals surface area (Å²) in [7, 11) is 0. The van der Waals surface area contributed by atoms with E-state index in [4.69, 9.17) is 21.4 Å². The molecule has 0 radical (unpaired) electrons. The van der Waals surface area contributed by atoms with E-state index < -0.39 is 5.97 Å². The molecular formula is C29H27ClN2O2. The average Bonchev–Trinajstić information content (AvgIpc) is 3.19. The second-order valence-electron chi connectivity index (χ2n) is 8.88. The maximum absolute atomic E-state index is 13.1. The highest BCUT2D eigenvalue weighted by atomic mass is 35.5. The van der Waals surface area contributed by atoms with Crippen molar-refractivity contribution >= 4 is 17.6 Å². The van der Waals surface area contributed by atoms with Gasteiger partial charge in [0.05, 0.1) is 22.9 Å². The minimum absolute atomic E-state index is 0.101. The van der Waals surface area contributed by atoms with Crippen LogP contribution < -0.4 is 4.74 Å². The summed E-state index contributed by atoms with van der Waals surface area (Å²) in [6.07, 6.45) is 4.74. The summed E-state index contributed by atoms with van der Waals surface area (Å²) in [5, 5.41) is 5.43. The van der Waals surface area contributed by atoms with Gasteiger partial charge in [-0.2, -0.15) is 5.10 Å². The molecule has 3 aromatic carbocycles. The van der Waals surface area contributed by atoms with E-state index in [9.17, 15) is 4.79 Å². The van der Waals surface area contributed by atoms with E-state index >= 15 is 0 Å². The van der Waals surface area contributed by atoms with Gasteiger partial charge >= 0.3 is 5.97 Å². The zero-order chi connectivity index (χ0) is 23.7. The van der Waals surface area contributed by atoms with Crippen molar-refractivity contribution in [2.75, 3.05) is 0 Å². The van der Waals surface area contributed by atoms with Crippen molar-refractivity contribution in [3.8, 4) is 17.0 Å². The highest BCUT2D eigenvalue weighted by Crippen LogP contribution is 2.37. The molecule has 1 atom stereocenters. The fourth-order valence-corrected chi connectivity index (χ4v) is 4.84. The molecule has 0 saturated heterocycles. The van der Waals surface area contributed by atoms with Crippen molar-refractivity contribution in [1.82, 2.24) is 9.78 Å². The van der Waals surface area contributed by atoms with Crippen LogP contribution >= 0.6 is 11.6 Å². The van der Waals surface area contributed by atoms with Crippen molar-refractivity contribution in [3.05, 3.63) is 106 Å². The Balaban J connectivity index is 1.58. The standard InChI is InChI=1S/C29H27ClN2O2/c1-19-27(22-9-4-3-5-10-22)28(34-29(33)23-14-16-26(30)17-15-23)32(31-19)20(2)24-13-12-21-8-6-7-11-25(21)18-24/h3-5,9-10,12-18,20H,6-8,11H2,1-2H3. The van der Waals surface area contributed by atoms with Crippen LogP contribution in [0.5, 0.6) is 5.88 Å². The number of nitrogens with zero attached hydrogens (tertiary/aromatic N) is 2. The van der Waals surface area contributed by atoms with Crippen LogP contribution in [0.25, 0.3) is 11.1 Å². The van der Waals surface area contributed by atoms with Gasteiger partial charge in [-0.1, -0.05) is 60.1 Å². The predicted octanol–water partition coefficient (Wildman–Crippen LogP) is 7.22. The van der Waals surface area contributed by atoms with Crippen molar-refractivity contribution < 1.29 is 9.53 Å². The first-order valence-corrected chi connectivity index (χ1v) is 12.1. The van der Waals surface area contributed by atoms with E-state index in [0.29, 0.717) is 16.5 Å². The molecule has 5 rings (SSSR count). The van der Waals surface area contributed by atoms with Gasteiger partial charge in [0.15, 0.2) is 0 Å². The van der Waals surface area contributed by atoms with Crippen molar-refractivity contribution in [1.29, 1.82) is 0 Å². The Morgan fingerprint density at radius 2 is 1.68 bits per heavy atom. The zero-order valence-corrected chi connectivity index (χ0v) is 20.2. The third kappa shape index (κ3) is 4.38. The lowest BCUT2D eigenvalue weighted by molar-refractivity contribution is 0.0717. The Labute approximate surface area is 205 Å². The third-order valence-electron chi connectivity index (χ3n) is 6.60. The van der Waals surface area contributed by atoms with Crippen LogP contribution in [0.4, 0.5) is 0 Å². The molecule has 0 N–H and O–H groups in total. The summed E-state index contributed by atoms with van der Waals surface area (Å²) in [4.78, 5) is 13.1. The van der Waals surface area contributed by atoms with Crippen molar-refractivity contribution in [3.63, 3.8) is 0 Å². The maximum Gasteiger partial charge on any atom is 0.344 e. The Morgan fingerprint density at radius 1 is 0.971 bits per heavy atom. The van der Waals surface area contributed by atoms with E-state index in [1.54, 1.807) is 24.3 Å². The summed E-state index contributed by atoms with van der Waals surface area (Å²) in [6.45, 7) is 4.06. The molecule has 0 aliphatic heterocycles. The first-order chi connectivity index (χ1) is 16.5. The molecule has 1 aliphatic rings. The van der Waals surface area contributed by atoms with E-state index in [0.717, 1.165) is 35.2 Å². The molecule has 1 aliphatic carbocycles. The number of ether oxygens (including phenoxy) is 1. The van der Waals surface area contributed by atoms with E-state index in [-0.39, 0.29) is 6.04 Å². The highest BCUT2D eigenvalue weighted by molar-refractivity contribution is 6.30. The predicted molar refractivity (Wildman–Crippen MR) is 136 cm³/mol. The zero-order valence-electron chi connectivity index (χ0n) is 19.4. The molecule has 4 aromatic rings. The lowest BCUT2D eigenvalue weighted by Gasteiger charge is -2.21. The monoisotopic (exact) mass is 470 g/mol. The van der Waals surface area contributed by atoms with Gasteiger partial charge in [0.2, 0.25) is 5.88 Å². The number of aryl methyl sites for hydroxylation is 3. The molecule has 0 bridgehead atoms. The third-order valence-corrected chi connectivity index (χ3v) is 6.85. The quantitative estimate of drug-likeness (QED) is 0.289. The van der Waals surface area contributed by atoms with Crippen LogP contribution in [-0.4, -0.2) is 15.7 Å². The van der Waals surface area contributed by atoms with Crippen molar-refractivity contribution in [2.24, 2.45) is 0 Å². The van der Waals surface area contributed by atoms with E-state index in [2.05, 4.69) is 25.1 Å². The molecule has 5 heteroatoms. The molecule has 4 nitrogen and oxygen atoms in total. The number of halogens is 1. The maximum atomic E-state index is 13.1. The van der Waals surface area contributed by atoms with Gasteiger partial charge in [0.1, 0.15) is 0 Å². The SMILES string of the molecule is Cc1nn(C(C)c2ccc3c(c2)CCCC3)c(OC(=O)c2ccc(Cl)cc2)c1-c1ccccc1. The molecule has 172 valence electrons. The van der Waals surface area contributed by atoms with Gasteiger partial charge in [-0.15, -0.1) is 0 Å². The molecule has 1 heterocycles. The van der Waals surface area contributed by atoms with Gasteiger partial charge in [0.25, 0.3) is 0 Å². The minimum atomic E-state index is -0.437. The Hall–Kier alpha value is -3.37. The van der Waals surface area contributed by atoms with Crippen LogP contribution in [0, 0.1) is 6.92 Å². The number of aromatic nitrogens is 2. The number of esters is 1. The summed E-state index contributed by atoms with van der Waals surface area (Å²) in [5.74, 6) is 0.0153. The van der Waals surface area contributed by atoms with E-state index in [1.807, 2.05) is 41.9 Å². The molecule has 0 saturated carbocycles. The normalized spacial score (nSPS) is 13.9. The van der Waals surface area contributed by atoms with Crippen LogP contribution in [-0.2, 0) is 12.8 Å². The second kappa shape index (κ2) is 9.47. The minimum Gasteiger partial charge on any atom is -0.403 e. The second-order valence-corrected chi connectivity index (χ2v) is 9.32. The Kier molecular flexibility index (Phi) is 6.25. The van der Waals surface area contributed by atoms with Gasteiger partial charge in [-0.05, 0) is 86.1 Å². The summed E-state index contributed by atoms with van der Waals surface area (Å²) in [6, 6.07) is 23.3. The summed E-state index contributed by atoms with van der Waals surface area (Å²) >= 11 is 6.00. The lowest BCUT2D eigenvalue weighted by Crippen LogP contribution is -2.16. The van der Waals surface area contributed by atoms with E-state index in [1.165, 1.54) is 24.0 Å². The molecule has 0 amide bonds. The number of carbonyl (C=O) groups is 1. The van der Waals surface area contributed by atoms with Crippen LogP contribution in [0.2, 0.25) is 5.02 Å². The first-order valence-electron chi connectivity index (χ1n) is 11.7. The molecule has 0 spiro atoms. The number of carbonyl (C=O) groups excluding carboxylic acids is 1. The fraction of sp³-hybridized carbons (Fsp3) is 0.241. The lowest BCUT2D eigenvalue weighted by atomic mass is 9.89. The number of rotatable bonds is 5. The number of hydrogen-bond donors (Lipinski definition) is 0. The summed E-state index contributed by atoms with van der Waals surface area (Å²) in [5.41, 5.74) is 7.06. The van der Waals surface area contributed by atoms with Gasteiger partial charge < -0.3 is 4.74 Å². The number of hydrogen-bond acceptors (Lipinski definition) is 3. The highest BCUT2D eigenvalue weighted by Gasteiger charge is 2.25. The topological polar surface area (TPSA) is 44.1 Å². The number of fused-ring (bicyclic) bond motifs is 1. The van der Waals surface area contributed by atoms with Gasteiger partial charge in [0, 0.05) is 5.02 Å². The molecular weight excluding hydrogens is 444 g/mol. The van der Waals surface area contributed by atoms with Gasteiger partial charge in [-0.25, -0.2) is 9.48 Å². The number of benzene rings is 3. The molecule has 34 heavy (non-hydrogen) atoms. The molecule has 0 fully saturated rings.